The molecule has 1 N–H and O–H groups in total. The number of hydrogen-bond acceptors (Lipinski definition) is 4. The van der Waals surface area contributed by atoms with E-state index in [9.17, 15) is 4.79 Å². The van der Waals surface area contributed by atoms with Gasteiger partial charge in [0, 0.05) is 6.54 Å². The second kappa shape index (κ2) is 8.76. The minimum atomic E-state index is -0.0248. The Labute approximate surface area is 149 Å². The normalized spacial score (nSPS) is 18.7. The van der Waals surface area contributed by atoms with Crippen LogP contribution >= 0.6 is 0 Å². The zero-order valence-corrected chi connectivity index (χ0v) is 14.9. The summed E-state index contributed by atoms with van der Waals surface area (Å²) in [6.07, 6.45) is 7.10. The molecule has 25 heavy (non-hydrogen) atoms. The first-order valence-corrected chi connectivity index (χ1v) is 9.12. The minimum absolute atomic E-state index is 0.0248. The fourth-order valence-corrected chi connectivity index (χ4v) is 3.36. The molecule has 1 fully saturated rings. The minimum Gasteiger partial charge on any atom is -0.347 e. The maximum atomic E-state index is 12.5. The van der Waals surface area contributed by atoms with E-state index in [4.69, 9.17) is 0 Å². The van der Waals surface area contributed by atoms with E-state index in [1.807, 2.05) is 29.8 Å². The van der Waals surface area contributed by atoms with E-state index in [-0.39, 0.29) is 11.9 Å². The van der Waals surface area contributed by atoms with Crippen LogP contribution < -0.4 is 5.32 Å². The van der Waals surface area contributed by atoms with E-state index in [0.717, 1.165) is 38.2 Å². The monoisotopic (exact) mass is 341 g/mol. The first kappa shape index (κ1) is 17.6. The van der Waals surface area contributed by atoms with E-state index < -0.39 is 0 Å². The van der Waals surface area contributed by atoms with Gasteiger partial charge in [-0.3, -0.25) is 9.69 Å². The van der Waals surface area contributed by atoms with Crippen LogP contribution in [0.4, 0.5) is 0 Å². The molecular weight excluding hydrogens is 314 g/mol. The molecule has 1 atom stereocenters. The third kappa shape index (κ3) is 4.89. The highest BCUT2D eigenvalue weighted by molar-refractivity contribution is 5.81. The van der Waals surface area contributed by atoms with Crippen molar-refractivity contribution in [2.24, 2.45) is 0 Å². The molecule has 2 aromatic rings. The van der Waals surface area contributed by atoms with Crippen LogP contribution in [0.25, 0.3) is 0 Å². The molecule has 134 valence electrons. The van der Waals surface area contributed by atoms with Gasteiger partial charge in [0.1, 0.15) is 6.33 Å². The number of aryl methyl sites for hydroxylation is 2. The van der Waals surface area contributed by atoms with E-state index in [2.05, 4.69) is 32.5 Å². The summed E-state index contributed by atoms with van der Waals surface area (Å²) in [6, 6.07) is 10.3. The van der Waals surface area contributed by atoms with Crippen LogP contribution in [0.2, 0.25) is 0 Å². The van der Waals surface area contributed by atoms with Gasteiger partial charge in [-0.15, -0.1) is 10.2 Å². The molecule has 1 saturated heterocycles. The van der Waals surface area contributed by atoms with Crippen LogP contribution in [0, 0.1) is 0 Å². The number of likely N-dealkylation sites (N-methyl/N-ethyl adjacent to an activating group) is 1. The number of amides is 1. The summed E-state index contributed by atoms with van der Waals surface area (Å²) in [5, 5.41) is 11.2. The van der Waals surface area contributed by atoms with Gasteiger partial charge < -0.3 is 9.88 Å². The maximum Gasteiger partial charge on any atom is 0.237 e. The average Bonchev–Trinajstić information content (AvgIpc) is 2.98. The summed E-state index contributed by atoms with van der Waals surface area (Å²) in [6.45, 7) is 2.23. The molecule has 6 heteroatoms. The van der Waals surface area contributed by atoms with Gasteiger partial charge in [-0.1, -0.05) is 43.2 Å². The summed E-state index contributed by atoms with van der Waals surface area (Å²) in [7, 11) is 2.04. The summed E-state index contributed by atoms with van der Waals surface area (Å²) in [5.41, 5.74) is 1.28. The van der Waals surface area contributed by atoms with E-state index >= 15 is 0 Å². The van der Waals surface area contributed by atoms with Gasteiger partial charge in [0.2, 0.25) is 5.91 Å². The SMILES string of the molecule is CN1CCCCC[C@@H]1C(=O)NCc1nncn1CCc1ccccc1. The molecule has 1 amide bonds. The second-order valence-electron chi connectivity index (χ2n) is 6.74. The van der Waals surface area contributed by atoms with Gasteiger partial charge in [0.05, 0.1) is 12.6 Å². The van der Waals surface area contributed by atoms with Crippen molar-refractivity contribution in [3.8, 4) is 0 Å². The number of rotatable bonds is 6. The predicted molar refractivity (Wildman–Crippen MR) is 96.9 cm³/mol. The Kier molecular flexibility index (Phi) is 6.17. The predicted octanol–water partition coefficient (Wildman–Crippen LogP) is 2.01. The highest BCUT2D eigenvalue weighted by Gasteiger charge is 2.24. The van der Waals surface area contributed by atoms with Crippen LogP contribution in [0.15, 0.2) is 36.7 Å². The number of nitrogens with zero attached hydrogens (tertiary/aromatic N) is 4. The third-order valence-corrected chi connectivity index (χ3v) is 4.92. The maximum absolute atomic E-state index is 12.5. The zero-order valence-electron chi connectivity index (χ0n) is 14.9. The lowest BCUT2D eigenvalue weighted by Crippen LogP contribution is -2.44. The van der Waals surface area contributed by atoms with Crippen molar-refractivity contribution >= 4 is 5.91 Å². The smallest absolute Gasteiger partial charge is 0.237 e. The fraction of sp³-hybridized carbons (Fsp3) is 0.526. The Bertz CT molecular complexity index is 669. The van der Waals surface area contributed by atoms with Crippen molar-refractivity contribution in [3.63, 3.8) is 0 Å². The molecule has 0 spiro atoms. The van der Waals surface area contributed by atoms with Crippen LogP contribution in [0.3, 0.4) is 0 Å². The highest BCUT2D eigenvalue weighted by Crippen LogP contribution is 2.15. The Hall–Kier alpha value is -2.21. The van der Waals surface area contributed by atoms with Crippen molar-refractivity contribution in [2.75, 3.05) is 13.6 Å². The van der Waals surface area contributed by atoms with Crippen LogP contribution in [0.1, 0.15) is 37.1 Å². The average molecular weight is 341 g/mol. The van der Waals surface area contributed by atoms with Crippen molar-refractivity contribution in [3.05, 3.63) is 48.0 Å². The van der Waals surface area contributed by atoms with Gasteiger partial charge >= 0.3 is 0 Å². The second-order valence-corrected chi connectivity index (χ2v) is 6.74. The molecule has 6 nitrogen and oxygen atoms in total. The number of carbonyl (C=O) groups is 1. The Morgan fingerprint density at radius 3 is 2.92 bits per heavy atom. The van der Waals surface area contributed by atoms with E-state index in [1.165, 1.54) is 18.4 Å². The van der Waals surface area contributed by atoms with Crippen molar-refractivity contribution in [1.29, 1.82) is 0 Å². The molecule has 1 aliphatic rings. The molecule has 0 aliphatic carbocycles. The number of likely N-dealkylation sites (tertiary alicyclic amines) is 1. The molecule has 1 aliphatic heterocycles. The third-order valence-electron chi connectivity index (χ3n) is 4.92. The molecule has 0 bridgehead atoms. The van der Waals surface area contributed by atoms with Crippen molar-refractivity contribution in [1.82, 2.24) is 25.0 Å². The van der Waals surface area contributed by atoms with Crippen LogP contribution in [-0.2, 0) is 24.3 Å². The Morgan fingerprint density at radius 2 is 2.08 bits per heavy atom. The first-order valence-electron chi connectivity index (χ1n) is 9.12. The lowest BCUT2D eigenvalue weighted by Gasteiger charge is -2.24. The number of nitrogens with one attached hydrogen (secondary N) is 1. The van der Waals surface area contributed by atoms with E-state index in [0.29, 0.717) is 6.54 Å². The van der Waals surface area contributed by atoms with Gasteiger partial charge in [-0.25, -0.2) is 0 Å². The largest absolute Gasteiger partial charge is 0.347 e. The molecule has 2 heterocycles. The standard InChI is InChI=1S/C19H27N5O/c1-23-12-7-3-6-10-17(23)19(25)20-14-18-22-21-15-24(18)13-11-16-8-4-2-5-9-16/h2,4-5,8-9,15,17H,3,6-7,10-14H2,1H3,(H,20,25)/t17-/m1/s1. The van der Waals surface area contributed by atoms with Gasteiger partial charge in [-0.05, 0) is 38.4 Å². The number of carbonyl (C=O) groups excluding carboxylic acids is 1. The van der Waals surface area contributed by atoms with E-state index in [1.54, 1.807) is 6.33 Å². The number of benzene rings is 1. The highest BCUT2D eigenvalue weighted by atomic mass is 16.2. The molecule has 3 rings (SSSR count). The topological polar surface area (TPSA) is 63.1 Å². The molecular formula is C19H27N5O. The Morgan fingerprint density at radius 1 is 1.24 bits per heavy atom. The van der Waals surface area contributed by atoms with Gasteiger partial charge in [0.15, 0.2) is 5.82 Å². The van der Waals surface area contributed by atoms with Gasteiger partial charge in [0.25, 0.3) is 0 Å². The molecule has 1 aromatic carbocycles. The van der Waals surface area contributed by atoms with Crippen LogP contribution in [-0.4, -0.2) is 45.2 Å². The van der Waals surface area contributed by atoms with Crippen molar-refractivity contribution in [2.45, 2.75) is 51.2 Å². The molecule has 0 radical (unpaired) electrons. The molecule has 0 saturated carbocycles. The summed E-state index contributed by atoms with van der Waals surface area (Å²) in [4.78, 5) is 14.7. The lowest BCUT2D eigenvalue weighted by molar-refractivity contribution is -0.126. The quantitative estimate of drug-likeness (QED) is 0.873. The first-order chi connectivity index (χ1) is 12.2. The summed E-state index contributed by atoms with van der Waals surface area (Å²) in [5.74, 6) is 0.905. The molecule has 1 aromatic heterocycles. The lowest BCUT2D eigenvalue weighted by atomic mass is 10.1. The van der Waals surface area contributed by atoms with Gasteiger partial charge in [-0.2, -0.15) is 0 Å². The summed E-state index contributed by atoms with van der Waals surface area (Å²) < 4.78 is 2.02. The van der Waals surface area contributed by atoms with Crippen molar-refractivity contribution < 1.29 is 4.79 Å². The zero-order chi connectivity index (χ0) is 17.5. The Balaban J connectivity index is 1.53. The fourth-order valence-electron chi connectivity index (χ4n) is 3.36. The number of aromatic nitrogens is 3. The molecule has 0 unspecified atom stereocenters. The number of hydrogen-bond donors (Lipinski definition) is 1. The summed E-state index contributed by atoms with van der Waals surface area (Å²) >= 11 is 0. The van der Waals surface area contributed by atoms with Crippen LogP contribution in [0.5, 0.6) is 0 Å².